The molecular formula is C14H19N3O. The molecule has 18 heavy (non-hydrogen) atoms. The van der Waals surface area contributed by atoms with Gasteiger partial charge in [0.15, 0.2) is 0 Å². The molecule has 2 rings (SSSR count). The molecule has 1 fully saturated rings. The lowest BCUT2D eigenvalue weighted by atomic mass is 10.1. The van der Waals surface area contributed by atoms with Gasteiger partial charge < -0.3 is 15.0 Å². The highest BCUT2D eigenvalue weighted by molar-refractivity contribution is 5.60. The molecule has 1 heterocycles. The van der Waals surface area contributed by atoms with Crippen molar-refractivity contribution in [3.63, 3.8) is 0 Å². The number of benzene rings is 1. The van der Waals surface area contributed by atoms with E-state index in [1.54, 1.807) is 0 Å². The Balaban J connectivity index is 2.24. The predicted octanol–water partition coefficient (Wildman–Crippen LogP) is 1.50. The Hall–Kier alpha value is -1.57. The van der Waals surface area contributed by atoms with Crippen molar-refractivity contribution in [2.75, 3.05) is 32.2 Å². The van der Waals surface area contributed by atoms with Gasteiger partial charge in [-0.1, -0.05) is 6.07 Å². The Bertz CT molecular complexity index is 447. The number of ether oxygens (including phenoxy) is 1. The summed E-state index contributed by atoms with van der Waals surface area (Å²) in [6.07, 6.45) is 1.03. The molecule has 1 atom stereocenters. The third-order valence-corrected chi connectivity index (χ3v) is 3.40. The van der Waals surface area contributed by atoms with E-state index in [-0.39, 0.29) is 0 Å². The number of likely N-dealkylation sites (N-methyl/N-ethyl adjacent to an activating group) is 1. The quantitative estimate of drug-likeness (QED) is 0.873. The number of hydrogen-bond acceptors (Lipinski definition) is 4. The van der Waals surface area contributed by atoms with Gasteiger partial charge in [-0.05, 0) is 31.2 Å². The molecule has 1 unspecified atom stereocenters. The smallest absolute Gasteiger partial charge is 0.101 e. The lowest BCUT2D eigenvalue weighted by Gasteiger charge is -2.26. The molecule has 0 aliphatic carbocycles. The average Bonchev–Trinajstić information content (AvgIpc) is 2.92. The van der Waals surface area contributed by atoms with Crippen LogP contribution >= 0.6 is 0 Å². The first kappa shape index (κ1) is 12.9. The minimum Gasteiger partial charge on any atom is -0.379 e. The molecular weight excluding hydrogens is 226 g/mol. The zero-order valence-corrected chi connectivity index (χ0v) is 10.9. The summed E-state index contributed by atoms with van der Waals surface area (Å²) in [7, 11) is 3.94. The number of anilines is 1. The third-order valence-electron chi connectivity index (χ3n) is 3.40. The van der Waals surface area contributed by atoms with Crippen molar-refractivity contribution in [1.29, 1.82) is 5.26 Å². The summed E-state index contributed by atoms with van der Waals surface area (Å²) in [5, 5.41) is 12.4. The van der Waals surface area contributed by atoms with E-state index in [9.17, 15) is 5.26 Å². The van der Waals surface area contributed by atoms with Gasteiger partial charge in [-0.3, -0.25) is 0 Å². The molecule has 0 saturated carbocycles. The van der Waals surface area contributed by atoms with Gasteiger partial charge >= 0.3 is 0 Å². The van der Waals surface area contributed by atoms with Crippen molar-refractivity contribution in [3.8, 4) is 6.07 Å². The van der Waals surface area contributed by atoms with Crippen LogP contribution in [0.5, 0.6) is 0 Å². The number of nitrogens with zero attached hydrogens (tertiary/aromatic N) is 2. The minimum atomic E-state index is 0.382. The molecule has 0 radical (unpaired) electrons. The summed E-state index contributed by atoms with van der Waals surface area (Å²) in [5.74, 6) is 0. The maximum Gasteiger partial charge on any atom is 0.101 e. The fourth-order valence-corrected chi connectivity index (χ4v) is 2.32. The summed E-state index contributed by atoms with van der Waals surface area (Å²) in [6, 6.07) is 8.73. The van der Waals surface area contributed by atoms with Crippen LogP contribution in [0, 0.1) is 11.3 Å². The molecule has 0 amide bonds. The largest absolute Gasteiger partial charge is 0.379 e. The van der Waals surface area contributed by atoms with Crippen molar-refractivity contribution in [2.24, 2.45) is 0 Å². The van der Waals surface area contributed by atoms with Crippen LogP contribution in [0.4, 0.5) is 5.69 Å². The van der Waals surface area contributed by atoms with Gasteiger partial charge in [-0.2, -0.15) is 5.26 Å². The first-order valence-electron chi connectivity index (χ1n) is 6.24. The Labute approximate surface area is 108 Å². The maximum atomic E-state index is 9.27. The summed E-state index contributed by atoms with van der Waals surface area (Å²) >= 11 is 0. The zero-order chi connectivity index (χ0) is 13.0. The van der Waals surface area contributed by atoms with E-state index in [0.717, 1.165) is 43.0 Å². The molecule has 1 saturated heterocycles. The highest BCUT2D eigenvalue weighted by Gasteiger charge is 2.22. The van der Waals surface area contributed by atoms with Crippen molar-refractivity contribution in [1.82, 2.24) is 5.32 Å². The third kappa shape index (κ3) is 2.63. The van der Waals surface area contributed by atoms with Crippen LogP contribution in [0.2, 0.25) is 0 Å². The van der Waals surface area contributed by atoms with E-state index in [1.165, 1.54) is 0 Å². The van der Waals surface area contributed by atoms with Crippen LogP contribution in [0.25, 0.3) is 0 Å². The number of nitriles is 1. The Morgan fingerprint density at radius 1 is 1.56 bits per heavy atom. The number of rotatable bonds is 4. The van der Waals surface area contributed by atoms with E-state index < -0.39 is 0 Å². The van der Waals surface area contributed by atoms with E-state index in [0.29, 0.717) is 6.04 Å². The lowest BCUT2D eigenvalue weighted by molar-refractivity contribution is 0.193. The van der Waals surface area contributed by atoms with Gasteiger partial charge in [-0.25, -0.2) is 0 Å². The average molecular weight is 245 g/mol. The van der Waals surface area contributed by atoms with Gasteiger partial charge in [0, 0.05) is 20.2 Å². The van der Waals surface area contributed by atoms with E-state index in [2.05, 4.69) is 22.4 Å². The molecule has 96 valence electrons. The van der Waals surface area contributed by atoms with Gasteiger partial charge in [-0.15, -0.1) is 0 Å². The Morgan fingerprint density at radius 3 is 3.00 bits per heavy atom. The lowest BCUT2D eigenvalue weighted by Crippen LogP contribution is -2.32. The molecule has 4 nitrogen and oxygen atoms in total. The molecule has 1 N–H and O–H groups in total. The fraction of sp³-hybridized carbons (Fsp3) is 0.500. The molecule has 1 aromatic carbocycles. The second-order valence-corrected chi connectivity index (χ2v) is 4.62. The highest BCUT2D eigenvalue weighted by atomic mass is 16.5. The van der Waals surface area contributed by atoms with E-state index in [1.807, 2.05) is 26.2 Å². The summed E-state index contributed by atoms with van der Waals surface area (Å²) in [6.45, 7) is 2.35. The van der Waals surface area contributed by atoms with Crippen molar-refractivity contribution in [3.05, 3.63) is 29.3 Å². The van der Waals surface area contributed by atoms with Gasteiger partial charge in [0.1, 0.15) is 6.07 Å². The van der Waals surface area contributed by atoms with Gasteiger partial charge in [0.05, 0.1) is 23.9 Å². The van der Waals surface area contributed by atoms with Crippen LogP contribution < -0.4 is 10.2 Å². The maximum absolute atomic E-state index is 9.27. The Morgan fingerprint density at radius 2 is 2.39 bits per heavy atom. The zero-order valence-electron chi connectivity index (χ0n) is 10.9. The van der Waals surface area contributed by atoms with Crippen molar-refractivity contribution in [2.45, 2.75) is 19.0 Å². The first-order valence-corrected chi connectivity index (χ1v) is 6.24. The molecule has 1 aromatic rings. The molecule has 0 bridgehead atoms. The second kappa shape index (κ2) is 5.85. The number of nitrogens with one attached hydrogen (secondary N) is 1. The second-order valence-electron chi connectivity index (χ2n) is 4.62. The Kier molecular flexibility index (Phi) is 4.19. The van der Waals surface area contributed by atoms with Crippen LogP contribution in [0.1, 0.15) is 17.5 Å². The van der Waals surface area contributed by atoms with Gasteiger partial charge in [0.2, 0.25) is 0 Å². The first-order chi connectivity index (χ1) is 8.76. The van der Waals surface area contributed by atoms with Crippen LogP contribution in [0.3, 0.4) is 0 Å². The SMILES string of the molecule is CNCc1ccc(N(C)C2CCOC2)c(C#N)c1. The van der Waals surface area contributed by atoms with E-state index >= 15 is 0 Å². The standard InChI is InChI=1S/C14H19N3O/c1-16-9-11-3-4-14(12(7-11)8-15)17(2)13-5-6-18-10-13/h3-4,7,13,16H,5-6,9-10H2,1-2H3. The molecule has 0 aromatic heterocycles. The molecule has 0 spiro atoms. The van der Waals surface area contributed by atoms with Crippen molar-refractivity contribution < 1.29 is 4.74 Å². The van der Waals surface area contributed by atoms with Crippen LogP contribution in [-0.2, 0) is 11.3 Å². The van der Waals surface area contributed by atoms with Crippen molar-refractivity contribution >= 4 is 5.69 Å². The summed E-state index contributed by atoms with van der Waals surface area (Å²) in [4.78, 5) is 2.16. The minimum absolute atomic E-state index is 0.382. The van der Waals surface area contributed by atoms with Gasteiger partial charge in [0.25, 0.3) is 0 Å². The molecule has 4 heteroatoms. The summed E-state index contributed by atoms with van der Waals surface area (Å²) < 4.78 is 5.40. The van der Waals surface area contributed by atoms with Crippen LogP contribution in [0.15, 0.2) is 18.2 Å². The van der Waals surface area contributed by atoms with E-state index in [4.69, 9.17) is 4.74 Å². The molecule has 1 aliphatic rings. The van der Waals surface area contributed by atoms with Crippen LogP contribution in [-0.4, -0.2) is 33.4 Å². The fourth-order valence-electron chi connectivity index (χ4n) is 2.32. The topological polar surface area (TPSA) is 48.3 Å². The monoisotopic (exact) mass is 245 g/mol. The number of hydrogen-bond donors (Lipinski definition) is 1. The summed E-state index contributed by atoms with van der Waals surface area (Å²) in [5.41, 5.74) is 2.86. The normalized spacial score (nSPS) is 18.6. The predicted molar refractivity (Wildman–Crippen MR) is 71.5 cm³/mol. The molecule has 1 aliphatic heterocycles. The highest BCUT2D eigenvalue weighted by Crippen LogP contribution is 2.25.